The van der Waals surface area contributed by atoms with Crippen LogP contribution in [0.3, 0.4) is 0 Å². The molecule has 2 heterocycles. The number of ether oxygens (including phenoxy) is 1. The van der Waals surface area contributed by atoms with Crippen molar-refractivity contribution in [2.75, 3.05) is 25.1 Å². The maximum absolute atomic E-state index is 13.4. The number of hydrogen-bond acceptors (Lipinski definition) is 3. The quantitative estimate of drug-likeness (QED) is 0.936. The Morgan fingerprint density at radius 2 is 2.10 bits per heavy atom. The zero-order valence-electron chi connectivity index (χ0n) is 11.5. The summed E-state index contributed by atoms with van der Waals surface area (Å²) in [6.07, 6.45) is 3.87. The fraction of sp³-hybridized carbons (Fsp3) is 0.400. The number of nitrogens with zero attached hydrogens (tertiary/aromatic N) is 2. The summed E-state index contributed by atoms with van der Waals surface area (Å²) in [6, 6.07) is 7.18. The van der Waals surface area contributed by atoms with Gasteiger partial charge in [0.25, 0.3) is 0 Å². The number of methoxy groups -OCH3 is 1. The molecule has 1 aliphatic rings. The predicted molar refractivity (Wildman–Crippen MR) is 75.7 cm³/mol. The number of rotatable bonds is 3. The van der Waals surface area contributed by atoms with Crippen molar-refractivity contribution in [3.05, 3.63) is 41.8 Å². The van der Waals surface area contributed by atoms with Crippen LogP contribution in [0.2, 0.25) is 0 Å². The highest BCUT2D eigenvalue weighted by molar-refractivity contribution is 5.38. The van der Waals surface area contributed by atoms with E-state index in [2.05, 4.69) is 15.1 Å². The summed E-state index contributed by atoms with van der Waals surface area (Å²) in [5, 5.41) is 6.98. The van der Waals surface area contributed by atoms with Crippen LogP contribution in [0, 0.1) is 5.82 Å². The molecule has 2 aromatic rings. The molecule has 5 heteroatoms. The van der Waals surface area contributed by atoms with Gasteiger partial charge in [0, 0.05) is 19.2 Å². The number of aromatic amines is 1. The van der Waals surface area contributed by atoms with Crippen LogP contribution in [0.1, 0.15) is 24.3 Å². The zero-order chi connectivity index (χ0) is 13.9. The van der Waals surface area contributed by atoms with Crippen LogP contribution in [0.5, 0.6) is 5.75 Å². The third kappa shape index (κ3) is 2.48. The van der Waals surface area contributed by atoms with Crippen molar-refractivity contribution in [3.63, 3.8) is 0 Å². The first-order valence-corrected chi connectivity index (χ1v) is 6.85. The van der Waals surface area contributed by atoms with Crippen LogP contribution in [-0.2, 0) is 0 Å². The first-order chi connectivity index (χ1) is 9.78. The van der Waals surface area contributed by atoms with Gasteiger partial charge in [-0.1, -0.05) is 6.07 Å². The smallest absolute Gasteiger partial charge is 0.165 e. The minimum Gasteiger partial charge on any atom is -0.494 e. The largest absolute Gasteiger partial charge is 0.494 e. The Bertz CT molecular complexity index is 563. The summed E-state index contributed by atoms with van der Waals surface area (Å²) in [7, 11) is 1.50. The number of piperidine rings is 1. The first-order valence-electron chi connectivity index (χ1n) is 6.85. The van der Waals surface area contributed by atoms with E-state index in [9.17, 15) is 4.39 Å². The number of anilines is 1. The molecule has 1 aromatic heterocycles. The Labute approximate surface area is 117 Å². The van der Waals surface area contributed by atoms with Crippen molar-refractivity contribution in [2.45, 2.75) is 18.8 Å². The molecular formula is C15H18FN3O. The lowest BCUT2D eigenvalue weighted by molar-refractivity contribution is 0.384. The minimum absolute atomic E-state index is 0.300. The van der Waals surface area contributed by atoms with Crippen LogP contribution in [0.4, 0.5) is 10.2 Å². The number of hydrogen-bond donors (Lipinski definition) is 1. The number of benzene rings is 1. The molecule has 0 atom stereocenters. The van der Waals surface area contributed by atoms with Crippen molar-refractivity contribution in [1.29, 1.82) is 0 Å². The number of aromatic nitrogens is 2. The van der Waals surface area contributed by atoms with E-state index < -0.39 is 0 Å². The zero-order valence-corrected chi connectivity index (χ0v) is 11.5. The van der Waals surface area contributed by atoms with Gasteiger partial charge in [-0.3, -0.25) is 5.10 Å². The minimum atomic E-state index is -0.300. The van der Waals surface area contributed by atoms with Crippen LogP contribution in [-0.4, -0.2) is 30.4 Å². The van der Waals surface area contributed by atoms with Crippen molar-refractivity contribution in [2.24, 2.45) is 0 Å². The molecule has 0 amide bonds. The van der Waals surface area contributed by atoms with Gasteiger partial charge in [0.05, 0.1) is 13.3 Å². The van der Waals surface area contributed by atoms with E-state index in [0.29, 0.717) is 11.7 Å². The molecule has 0 spiro atoms. The molecule has 0 aliphatic carbocycles. The third-order valence-electron chi connectivity index (χ3n) is 3.97. The fourth-order valence-electron chi connectivity index (χ4n) is 2.81. The molecule has 20 heavy (non-hydrogen) atoms. The first kappa shape index (κ1) is 13.0. The molecule has 0 saturated carbocycles. The van der Waals surface area contributed by atoms with Crippen LogP contribution < -0.4 is 9.64 Å². The van der Waals surface area contributed by atoms with E-state index in [0.717, 1.165) is 37.3 Å². The predicted octanol–water partition coefficient (Wildman–Crippen LogP) is 2.94. The van der Waals surface area contributed by atoms with Gasteiger partial charge >= 0.3 is 0 Å². The topological polar surface area (TPSA) is 41.1 Å². The van der Waals surface area contributed by atoms with Crippen LogP contribution in [0.25, 0.3) is 0 Å². The Morgan fingerprint density at radius 3 is 2.75 bits per heavy atom. The van der Waals surface area contributed by atoms with Crippen molar-refractivity contribution in [3.8, 4) is 5.75 Å². The van der Waals surface area contributed by atoms with Gasteiger partial charge in [0.2, 0.25) is 0 Å². The molecule has 0 bridgehead atoms. The molecule has 0 radical (unpaired) electrons. The maximum atomic E-state index is 13.4. The maximum Gasteiger partial charge on any atom is 0.165 e. The molecule has 3 rings (SSSR count). The Morgan fingerprint density at radius 1 is 1.30 bits per heavy atom. The molecular weight excluding hydrogens is 257 g/mol. The third-order valence-corrected chi connectivity index (χ3v) is 3.97. The van der Waals surface area contributed by atoms with Crippen molar-refractivity contribution >= 4 is 5.82 Å². The average molecular weight is 275 g/mol. The molecule has 1 N–H and O–H groups in total. The monoisotopic (exact) mass is 275 g/mol. The lowest BCUT2D eigenvalue weighted by Crippen LogP contribution is -2.33. The summed E-state index contributed by atoms with van der Waals surface area (Å²) in [5.41, 5.74) is 1.16. The molecule has 106 valence electrons. The van der Waals surface area contributed by atoms with Gasteiger partial charge in [-0.2, -0.15) is 5.10 Å². The van der Waals surface area contributed by atoms with Crippen LogP contribution >= 0.6 is 0 Å². The number of nitrogens with one attached hydrogen (secondary N) is 1. The SMILES string of the molecule is COc1cc(C2CCN(c3ccn[nH]3)CC2)ccc1F. The van der Waals surface area contributed by atoms with Crippen molar-refractivity contribution < 1.29 is 9.13 Å². The summed E-state index contributed by atoms with van der Waals surface area (Å²) in [5.74, 6) is 1.56. The molecule has 1 fully saturated rings. The second-order valence-corrected chi connectivity index (χ2v) is 5.10. The number of halogens is 1. The lowest BCUT2D eigenvalue weighted by atomic mass is 9.89. The van der Waals surface area contributed by atoms with E-state index >= 15 is 0 Å². The number of H-pyrrole nitrogens is 1. The summed E-state index contributed by atoms with van der Waals surface area (Å²) >= 11 is 0. The lowest BCUT2D eigenvalue weighted by Gasteiger charge is -2.32. The second kappa shape index (κ2) is 5.53. The van der Waals surface area contributed by atoms with E-state index in [1.165, 1.54) is 13.2 Å². The highest BCUT2D eigenvalue weighted by Gasteiger charge is 2.22. The second-order valence-electron chi connectivity index (χ2n) is 5.10. The molecule has 4 nitrogen and oxygen atoms in total. The van der Waals surface area contributed by atoms with Crippen LogP contribution in [0.15, 0.2) is 30.5 Å². The summed E-state index contributed by atoms with van der Waals surface area (Å²) in [4.78, 5) is 2.30. The molecule has 1 aromatic carbocycles. The van der Waals surface area contributed by atoms with Gasteiger partial charge in [0.15, 0.2) is 11.6 Å². The van der Waals surface area contributed by atoms with Crippen molar-refractivity contribution in [1.82, 2.24) is 10.2 Å². The average Bonchev–Trinajstić information content (AvgIpc) is 3.02. The molecule has 1 aliphatic heterocycles. The molecule has 1 saturated heterocycles. The van der Waals surface area contributed by atoms with E-state index in [4.69, 9.17) is 4.74 Å². The van der Waals surface area contributed by atoms with Gasteiger partial charge < -0.3 is 9.64 Å². The summed E-state index contributed by atoms with van der Waals surface area (Å²) < 4.78 is 18.5. The van der Waals surface area contributed by atoms with Gasteiger partial charge in [-0.05, 0) is 36.5 Å². The van der Waals surface area contributed by atoms with E-state index in [1.807, 2.05) is 18.2 Å². The normalized spacial score (nSPS) is 16.4. The van der Waals surface area contributed by atoms with Gasteiger partial charge in [-0.25, -0.2) is 4.39 Å². The highest BCUT2D eigenvalue weighted by Crippen LogP contribution is 2.32. The fourth-order valence-corrected chi connectivity index (χ4v) is 2.81. The Hall–Kier alpha value is -2.04. The Kier molecular flexibility index (Phi) is 3.58. The van der Waals surface area contributed by atoms with E-state index in [-0.39, 0.29) is 5.82 Å². The van der Waals surface area contributed by atoms with Gasteiger partial charge in [-0.15, -0.1) is 0 Å². The summed E-state index contributed by atoms with van der Waals surface area (Å²) in [6.45, 7) is 1.96. The van der Waals surface area contributed by atoms with Gasteiger partial charge in [0.1, 0.15) is 5.82 Å². The molecule has 0 unspecified atom stereocenters. The highest BCUT2D eigenvalue weighted by atomic mass is 19.1. The van der Waals surface area contributed by atoms with E-state index in [1.54, 1.807) is 6.20 Å². The Balaban J connectivity index is 1.69. The standard InChI is InChI=1S/C15H18FN3O/c1-20-14-10-12(2-3-13(14)16)11-5-8-19(9-6-11)15-4-7-17-18-15/h2-4,7,10-11H,5-6,8-9H2,1H3,(H,17,18).